The van der Waals surface area contributed by atoms with E-state index in [1.807, 2.05) is 0 Å². The number of nitro benzene ring substituents is 1. The summed E-state index contributed by atoms with van der Waals surface area (Å²) in [7, 11) is 0. The van der Waals surface area contributed by atoms with Gasteiger partial charge in [0, 0.05) is 11.6 Å². The molecule has 5 nitrogen and oxygen atoms in total. The Morgan fingerprint density at radius 1 is 1.42 bits per heavy atom. The molecule has 19 heavy (non-hydrogen) atoms. The zero-order chi connectivity index (χ0) is 14.0. The molecule has 6 heteroatoms. The Balaban J connectivity index is 2.41. The maximum Gasteiger partial charge on any atom is 0.273 e. The Morgan fingerprint density at radius 3 is 2.79 bits per heavy atom. The van der Waals surface area contributed by atoms with Gasteiger partial charge < -0.3 is 9.52 Å². The first-order valence-corrected chi connectivity index (χ1v) is 5.74. The van der Waals surface area contributed by atoms with Gasteiger partial charge in [0.05, 0.1) is 11.0 Å². The standard InChI is InChI=1S/C13H12FNO4/c1-2-11(16)13-4-3-12(19-13)8-5-9(14)7-10(6-8)15(17)18/h3-7,11,16H,2H2,1H3. The van der Waals surface area contributed by atoms with Crippen molar-refractivity contribution in [3.63, 3.8) is 0 Å². The molecule has 0 aliphatic rings. The molecule has 0 saturated heterocycles. The molecule has 0 aliphatic heterocycles. The Morgan fingerprint density at radius 2 is 2.16 bits per heavy atom. The number of furan rings is 1. The van der Waals surface area contributed by atoms with Crippen LogP contribution in [0.4, 0.5) is 10.1 Å². The Labute approximate surface area is 108 Å². The molecule has 1 aromatic carbocycles. The van der Waals surface area contributed by atoms with Crippen molar-refractivity contribution in [3.8, 4) is 11.3 Å². The first kappa shape index (κ1) is 13.2. The molecule has 2 aromatic rings. The molecular formula is C13H12FNO4. The van der Waals surface area contributed by atoms with Crippen LogP contribution in [0.1, 0.15) is 25.2 Å². The van der Waals surface area contributed by atoms with E-state index in [0.29, 0.717) is 12.2 Å². The molecule has 1 aromatic heterocycles. The Hall–Kier alpha value is -2.21. The van der Waals surface area contributed by atoms with Gasteiger partial charge in [-0.05, 0) is 24.6 Å². The molecule has 0 bridgehead atoms. The summed E-state index contributed by atoms with van der Waals surface area (Å²) in [6.45, 7) is 1.79. The van der Waals surface area contributed by atoms with Gasteiger partial charge in [0.15, 0.2) is 0 Å². The summed E-state index contributed by atoms with van der Waals surface area (Å²) in [6.07, 6.45) is -0.256. The third-order valence-electron chi connectivity index (χ3n) is 2.72. The second-order valence-electron chi connectivity index (χ2n) is 4.08. The van der Waals surface area contributed by atoms with E-state index in [-0.39, 0.29) is 17.0 Å². The summed E-state index contributed by atoms with van der Waals surface area (Å²) in [5.74, 6) is -0.0762. The van der Waals surface area contributed by atoms with E-state index >= 15 is 0 Å². The van der Waals surface area contributed by atoms with Crippen LogP contribution in [-0.4, -0.2) is 10.0 Å². The fourth-order valence-corrected chi connectivity index (χ4v) is 1.71. The molecule has 0 amide bonds. The topological polar surface area (TPSA) is 76.5 Å². The van der Waals surface area contributed by atoms with Crippen LogP contribution in [0.5, 0.6) is 0 Å². The lowest BCUT2D eigenvalue weighted by Gasteiger charge is -2.03. The maximum atomic E-state index is 13.3. The molecule has 0 fully saturated rings. The van der Waals surface area contributed by atoms with Crippen molar-refractivity contribution in [1.82, 2.24) is 0 Å². The lowest BCUT2D eigenvalue weighted by atomic mass is 10.1. The maximum absolute atomic E-state index is 13.3. The first-order chi connectivity index (χ1) is 9.01. The van der Waals surface area contributed by atoms with Crippen LogP contribution < -0.4 is 0 Å². The highest BCUT2D eigenvalue weighted by Gasteiger charge is 2.15. The molecular weight excluding hydrogens is 253 g/mol. The lowest BCUT2D eigenvalue weighted by molar-refractivity contribution is -0.385. The fourth-order valence-electron chi connectivity index (χ4n) is 1.71. The van der Waals surface area contributed by atoms with Gasteiger partial charge in [-0.2, -0.15) is 0 Å². The average Bonchev–Trinajstić information content (AvgIpc) is 2.86. The zero-order valence-corrected chi connectivity index (χ0v) is 10.2. The van der Waals surface area contributed by atoms with Gasteiger partial charge in [0.1, 0.15) is 23.4 Å². The van der Waals surface area contributed by atoms with Gasteiger partial charge in [0.2, 0.25) is 0 Å². The van der Waals surface area contributed by atoms with E-state index in [1.165, 1.54) is 6.07 Å². The molecule has 1 unspecified atom stereocenters. The van der Waals surface area contributed by atoms with E-state index in [9.17, 15) is 19.6 Å². The summed E-state index contributed by atoms with van der Waals surface area (Å²) in [5, 5.41) is 20.3. The van der Waals surface area contributed by atoms with E-state index in [1.54, 1.807) is 19.1 Å². The van der Waals surface area contributed by atoms with E-state index in [4.69, 9.17) is 4.42 Å². The number of aliphatic hydroxyl groups is 1. The van der Waals surface area contributed by atoms with Crippen LogP contribution >= 0.6 is 0 Å². The Bertz CT molecular complexity index is 608. The third-order valence-corrected chi connectivity index (χ3v) is 2.72. The van der Waals surface area contributed by atoms with Crippen LogP contribution in [0, 0.1) is 15.9 Å². The third kappa shape index (κ3) is 2.79. The van der Waals surface area contributed by atoms with Crippen LogP contribution in [-0.2, 0) is 0 Å². The van der Waals surface area contributed by atoms with Gasteiger partial charge in [-0.15, -0.1) is 0 Å². The first-order valence-electron chi connectivity index (χ1n) is 5.74. The van der Waals surface area contributed by atoms with Crippen LogP contribution in [0.2, 0.25) is 0 Å². The minimum absolute atomic E-state index is 0.265. The van der Waals surface area contributed by atoms with Gasteiger partial charge in [-0.1, -0.05) is 6.92 Å². The quantitative estimate of drug-likeness (QED) is 0.678. The summed E-state index contributed by atoms with van der Waals surface area (Å²) < 4.78 is 18.7. The second-order valence-corrected chi connectivity index (χ2v) is 4.08. The molecule has 0 spiro atoms. The van der Waals surface area contributed by atoms with Crippen molar-refractivity contribution in [2.75, 3.05) is 0 Å². The minimum Gasteiger partial charge on any atom is -0.458 e. The lowest BCUT2D eigenvalue weighted by Crippen LogP contribution is -1.92. The number of non-ortho nitro benzene ring substituents is 1. The minimum atomic E-state index is -0.739. The zero-order valence-electron chi connectivity index (χ0n) is 10.2. The molecule has 1 atom stereocenters. The number of benzene rings is 1. The molecule has 0 radical (unpaired) electrons. The number of nitrogens with zero attached hydrogens (tertiary/aromatic N) is 1. The number of rotatable bonds is 4. The average molecular weight is 265 g/mol. The Kier molecular flexibility index (Phi) is 3.62. The van der Waals surface area contributed by atoms with Crippen molar-refractivity contribution in [1.29, 1.82) is 0 Å². The predicted molar refractivity (Wildman–Crippen MR) is 66.0 cm³/mol. The van der Waals surface area contributed by atoms with Crippen LogP contribution in [0.3, 0.4) is 0 Å². The van der Waals surface area contributed by atoms with E-state index < -0.39 is 16.8 Å². The van der Waals surface area contributed by atoms with Gasteiger partial charge in [-0.3, -0.25) is 10.1 Å². The molecule has 2 rings (SSSR count). The molecule has 100 valence electrons. The SMILES string of the molecule is CCC(O)c1ccc(-c2cc(F)cc([N+](=O)[O-])c2)o1. The normalized spacial score (nSPS) is 12.4. The summed E-state index contributed by atoms with van der Waals surface area (Å²) in [4.78, 5) is 10.00. The van der Waals surface area contributed by atoms with Crippen LogP contribution in [0.25, 0.3) is 11.3 Å². The molecule has 0 saturated carbocycles. The van der Waals surface area contributed by atoms with Crippen LogP contribution in [0.15, 0.2) is 34.7 Å². The molecule has 1 N–H and O–H groups in total. The predicted octanol–water partition coefficient (Wildman–Crippen LogP) is 3.44. The number of hydrogen-bond acceptors (Lipinski definition) is 4. The second kappa shape index (κ2) is 5.19. The summed E-state index contributed by atoms with van der Waals surface area (Å²) >= 11 is 0. The monoisotopic (exact) mass is 265 g/mol. The van der Waals surface area contributed by atoms with Gasteiger partial charge >= 0.3 is 0 Å². The molecule has 0 aliphatic carbocycles. The van der Waals surface area contributed by atoms with Crippen molar-refractivity contribution >= 4 is 5.69 Å². The highest BCUT2D eigenvalue weighted by Crippen LogP contribution is 2.29. The van der Waals surface area contributed by atoms with Crippen molar-refractivity contribution in [2.45, 2.75) is 19.4 Å². The number of hydrogen-bond donors (Lipinski definition) is 1. The summed E-state index contributed by atoms with van der Waals surface area (Å²) in [6, 6.07) is 6.33. The van der Waals surface area contributed by atoms with Crippen molar-refractivity contribution < 1.29 is 18.8 Å². The van der Waals surface area contributed by atoms with Crippen molar-refractivity contribution in [3.05, 3.63) is 52.0 Å². The highest BCUT2D eigenvalue weighted by molar-refractivity contribution is 5.61. The van der Waals surface area contributed by atoms with Gasteiger partial charge in [-0.25, -0.2) is 4.39 Å². The van der Waals surface area contributed by atoms with E-state index in [2.05, 4.69) is 0 Å². The largest absolute Gasteiger partial charge is 0.458 e. The number of halogens is 1. The smallest absolute Gasteiger partial charge is 0.273 e. The van der Waals surface area contributed by atoms with Crippen molar-refractivity contribution in [2.24, 2.45) is 0 Å². The van der Waals surface area contributed by atoms with Gasteiger partial charge in [0.25, 0.3) is 5.69 Å². The fraction of sp³-hybridized carbons (Fsp3) is 0.231. The number of aliphatic hydroxyl groups excluding tert-OH is 1. The summed E-state index contributed by atoms with van der Waals surface area (Å²) in [5.41, 5.74) is -0.0785. The number of nitro groups is 1. The molecule has 1 heterocycles. The highest BCUT2D eigenvalue weighted by atomic mass is 19.1. The van der Waals surface area contributed by atoms with E-state index in [0.717, 1.165) is 12.1 Å².